The molecule has 0 spiro atoms. The number of hydrogen-bond acceptors (Lipinski definition) is 3. The molecule has 132 valence electrons. The summed E-state index contributed by atoms with van der Waals surface area (Å²) in [5.74, 6) is 0.139. The Labute approximate surface area is 154 Å². The third kappa shape index (κ3) is 5.28. The number of hydrogen-bond donors (Lipinski definition) is 1. The van der Waals surface area contributed by atoms with Crippen LogP contribution in [0.1, 0.15) is 30.5 Å². The number of rotatable bonds is 5. The molecule has 0 aliphatic carbocycles. The van der Waals surface area contributed by atoms with Crippen molar-refractivity contribution in [3.63, 3.8) is 0 Å². The topological polar surface area (TPSA) is 45.2 Å². The van der Waals surface area contributed by atoms with E-state index in [4.69, 9.17) is 11.6 Å². The number of aromatic nitrogens is 1. The molecular formula is C20H24ClN3O. The van der Waals surface area contributed by atoms with E-state index in [0.29, 0.717) is 18.0 Å². The molecule has 0 saturated carbocycles. The fourth-order valence-corrected chi connectivity index (χ4v) is 3.54. The lowest BCUT2D eigenvalue weighted by Crippen LogP contribution is -2.41. The molecule has 1 fully saturated rings. The van der Waals surface area contributed by atoms with Gasteiger partial charge in [-0.1, -0.05) is 29.8 Å². The Hall–Kier alpha value is -1.91. The molecule has 2 heterocycles. The number of amides is 1. The second-order valence-electron chi connectivity index (χ2n) is 6.48. The van der Waals surface area contributed by atoms with E-state index < -0.39 is 0 Å². The van der Waals surface area contributed by atoms with Gasteiger partial charge in [-0.2, -0.15) is 0 Å². The molecule has 0 radical (unpaired) electrons. The highest BCUT2D eigenvalue weighted by Gasteiger charge is 2.25. The van der Waals surface area contributed by atoms with Crippen molar-refractivity contribution in [2.75, 3.05) is 13.1 Å². The van der Waals surface area contributed by atoms with Crippen LogP contribution in [0.25, 0.3) is 0 Å². The van der Waals surface area contributed by atoms with Crippen LogP contribution in [-0.2, 0) is 17.8 Å². The number of carbonyl (C=O) groups excluding carboxylic acids is 1. The fourth-order valence-electron chi connectivity index (χ4n) is 3.32. The predicted molar refractivity (Wildman–Crippen MR) is 100 cm³/mol. The number of nitrogens with one attached hydrogen (secondary N) is 1. The molecule has 0 bridgehead atoms. The van der Waals surface area contributed by atoms with Gasteiger partial charge in [-0.3, -0.25) is 9.78 Å². The van der Waals surface area contributed by atoms with Crippen molar-refractivity contribution >= 4 is 17.5 Å². The second-order valence-corrected chi connectivity index (χ2v) is 6.92. The lowest BCUT2D eigenvalue weighted by atomic mass is 10.0. The zero-order valence-electron chi connectivity index (χ0n) is 14.3. The van der Waals surface area contributed by atoms with Crippen molar-refractivity contribution in [1.82, 2.24) is 15.2 Å². The van der Waals surface area contributed by atoms with Gasteiger partial charge in [0.25, 0.3) is 0 Å². The van der Waals surface area contributed by atoms with Gasteiger partial charge in [-0.05, 0) is 62.2 Å². The van der Waals surface area contributed by atoms with E-state index in [1.54, 1.807) is 6.20 Å². The van der Waals surface area contributed by atoms with Gasteiger partial charge in [-0.15, -0.1) is 0 Å². The Balaban J connectivity index is 1.77. The first-order valence-electron chi connectivity index (χ1n) is 8.87. The largest absolute Gasteiger partial charge is 0.333 e. The Morgan fingerprint density at radius 2 is 2.12 bits per heavy atom. The van der Waals surface area contributed by atoms with E-state index in [2.05, 4.69) is 10.3 Å². The Morgan fingerprint density at radius 1 is 1.20 bits per heavy atom. The number of halogens is 1. The minimum atomic E-state index is 0.139. The monoisotopic (exact) mass is 357 g/mol. The molecule has 1 atom stereocenters. The van der Waals surface area contributed by atoms with E-state index in [9.17, 15) is 4.79 Å². The molecule has 25 heavy (non-hydrogen) atoms. The maximum atomic E-state index is 13.1. The van der Waals surface area contributed by atoms with Crippen LogP contribution in [0, 0.1) is 0 Å². The molecule has 1 N–H and O–H groups in total. The average molecular weight is 358 g/mol. The van der Waals surface area contributed by atoms with E-state index in [0.717, 1.165) is 43.6 Å². The van der Waals surface area contributed by atoms with Crippen molar-refractivity contribution in [2.45, 2.75) is 38.3 Å². The summed E-state index contributed by atoms with van der Waals surface area (Å²) in [6, 6.07) is 13.7. The van der Waals surface area contributed by atoms with E-state index in [-0.39, 0.29) is 11.9 Å². The van der Waals surface area contributed by atoms with E-state index in [1.807, 2.05) is 47.4 Å². The summed E-state index contributed by atoms with van der Waals surface area (Å²) in [7, 11) is 0. The van der Waals surface area contributed by atoms with E-state index >= 15 is 0 Å². The van der Waals surface area contributed by atoms with Crippen LogP contribution in [0.5, 0.6) is 0 Å². The zero-order chi connectivity index (χ0) is 17.5. The van der Waals surface area contributed by atoms with Crippen molar-refractivity contribution in [3.05, 3.63) is 64.9 Å². The molecule has 1 aliphatic rings. The average Bonchev–Trinajstić information content (AvgIpc) is 2.90. The van der Waals surface area contributed by atoms with Gasteiger partial charge in [0.05, 0.1) is 18.7 Å². The summed E-state index contributed by atoms with van der Waals surface area (Å²) in [5.41, 5.74) is 1.88. The summed E-state index contributed by atoms with van der Waals surface area (Å²) in [6.45, 7) is 2.54. The van der Waals surface area contributed by atoms with E-state index in [1.165, 1.54) is 0 Å². The van der Waals surface area contributed by atoms with Gasteiger partial charge in [0.15, 0.2) is 0 Å². The molecule has 1 saturated heterocycles. The summed E-state index contributed by atoms with van der Waals surface area (Å²) >= 11 is 6.06. The Bertz CT molecular complexity index is 684. The van der Waals surface area contributed by atoms with Crippen LogP contribution in [0.2, 0.25) is 5.02 Å². The van der Waals surface area contributed by atoms with Crippen molar-refractivity contribution < 1.29 is 4.79 Å². The highest BCUT2D eigenvalue weighted by molar-refractivity contribution is 6.30. The summed E-state index contributed by atoms with van der Waals surface area (Å²) < 4.78 is 0. The van der Waals surface area contributed by atoms with Crippen LogP contribution in [0.4, 0.5) is 0 Å². The first kappa shape index (κ1) is 17.9. The molecule has 5 heteroatoms. The Kier molecular flexibility index (Phi) is 6.42. The number of pyridine rings is 1. The second kappa shape index (κ2) is 8.97. The van der Waals surface area contributed by atoms with Crippen LogP contribution in [0.15, 0.2) is 48.7 Å². The number of benzene rings is 1. The molecule has 1 amide bonds. The summed E-state index contributed by atoms with van der Waals surface area (Å²) in [6.07, 6.45) is 5.25. The van der Waals surface area contributed by atoms with Gasteiger partial charge in [-0.25, -0.2) is 0 Å². The number of nitrogens with zero attached hydrogens (tertiary/aromatic N) is 2. The minimum Gasteiger partial charge on any atom is -0.333 e. The van der Waals surface area contributed by atoms with Crippen LogP contribution in [-0.4, -0.2) is 34.9 Å². The normalized spacial score (nSPS) is 17.7. The summed E-state index contributed by atoms with van der Waals surface area (Å²) in [4.78, 5) is 19.5. The highest BCUT2D eigenvalue weighted by atomic mass is 35.5. The predicted octanol–water partition coefficient (Wildman–Crippen LogP) is 3.45. The molecule has 1 aromatic carbocycles. The van der Waals surface area contributed by atoms with Gasteiger partial charge >= 0.3 is 0 Å². The van der Waals surface area contributed by atoms with Crippen LogP contribution in [0.3, 0.4) is 0 Å². The quantitative estimate of drug-likeness (QED) is 0.891. The molecule has 1 unspecified atom stereocenters. The van der Waals surface area contributed by atoms with Crippen molar-refractivity contribution in [1.29, 1.82) is 0 Å². The molecule has 1 aliphatic heterocycles. The van der Waals surface area contributed by atoms with Gasteiger partial charge in [0.1, 0.15) is 0 Å². The Morgan fingerprint density at radius 3 is 2.92 bits per heavy atom. The minimum absolute atomic E-state index is 0.139. The molecule has 4 nitrogen and oxygen atoms in total. The van der Waals surface area contributed by atoms with Gasteiger partial charge < -0.3 is 10.2 Å². The summed E-state index contributed by atoms with van der Waals surface area (Å²) in [5, 5.41) is 4.09. The molecule has 2 aromatic rings. The molecule has 3 rings (SSSR count). The lowest BCUT2D eigenvalue weighted by Gasteiger charge is -2.31. The zero-order valence-corrected chi connectivity index (χ0v) is 15.1. The molecule has 1 aromatic heterocycles. The lowest BCUT2D eigenvalue weighted by molar-refractivity contribution is -0.133. The van der Waals surface area contributed by atoms with Crippen molar-refractivity contribution in [2.24, 2.45) is 0 Å². The standard InChI is InChI=1S/C20H24ClN3O/c21-17-6-3-5-16(13-17)14-20(25)24(15-18-7-1-2-11-23-18)19-8-4-10-22-12-9-19/h1-3,5-7,11,13,19,22H,4,8-10,12,14-15H2. The van der Waals surface area contributed by atoms with Crippen LogP contribution < -0.4 is 5.32 Å². The highest BCUT2D eigenvalue weighted by Crippen LogP contribution is 2.19. The van der Waals surface area contributed by atoms with Gasteiger partial charge in [0, 0.05) is 17.3 Å². The van der Waals surface area contributed by atoms with Crippen molar-refractivity contribution in [3.8, 4) is 0 Å². The first-order valence-corrected chi connectivity index (χ1v) is 9.25. The maximum Gasteiger partial charge on any atom is 0.227 e. The third-order valence-electron chi connectivity index (χ3n) is 4.61. The molecular weight excluding hydrogens is 334 g/mol. The van der Waals surface area contributed by atoms with Crippen LogP contribution >= 0.6 is 11.6 Å². The first-order chi connectivity index (χ1) is 12.2. The van der Waals surface area contributed by atoms with Gasteiger partial charge in [0.2, 0.25) is 5.91 Å². The fraction of sp³-hybridized carbons (Fsp3) is 0.400. The third-order valence-corrected chi connectivity index (χ3v) is 4.84. The SMILES string of the molecule is O=C(Cc1cccc(Cl)c1)N(Cc1ccccn1)C1CCCNCC1. The smallest absolute Gasteiger partial charge is 0.227 e. The number of carbonyl (C=O) groups is 1. The maximum absolute atomic E-state index is 13.1.